The zero-order valence-corrected chi connectivity index (χ0v) is 21.2. The topological polar surface area (TPSA) is 72.3 Å². The third kappa shape index (κ3) is 4.80. The van der Waals surface area contributed by atoms with Gasteiger partial charge < -0.3 is 0 Å². The molecule has 2 aliphatic rings. The molecule has 1 aliphatic carbocycles. The van der Waals surface area contributed by atoms with Gasteiger partial charge in [0.05, 0.1) is 27.9 Å². The molecular formula is C26H37N3O3S. The van der Waals surface area contributed by atoms with Crippen LogP contribution >= 0.6 is 0 Å². The molecule has 7 heteroatoms. The predicted molar refractivity (Wildman–Crippen MR) is 130 cm³/mol. The highest BCUT2D eigenvalue weighted by molar-refractivity contribution is 7.89. The molecule has 0 amide bonds. The highest BCUT2D eigenvalue weighted by atomic mass is 32.2. The molecule has 1 aliphatic heterocycles. The lowest BCUT2D eigenvalue weighted by molar-refractivity contribution is 0.0907. The average Bonchev–Trinajstić information content (AvgIpc) is 3.36. The number of carbonyl (C=O) groups excluding carboxylic acids is 1. The maximum Gasteiger partial charge on any atom is 0.243 e. The quantitative estimate of drug-likeness (QED) is 0.480. The van der Waals surface area contributed by atoms with E-state index in [1.165, 1.54) is 12.8 Å². The molecule has 1 aromatic heterocycles. The fourth-order valence-electron chi connectivity index (χ4n) is 5.29. The molecule has 4 rings (SSSR count). The number of hydrogen-bond acceptors (Lipinski definition) is 4. The number of ketones is 1. The number of unbranched alkanes of at least 4 members (excludes halogenated alkanes) is 3. The molecule has 0 N–H and O–H groups in total. The van der Waals surface area contributed by atoms with Gasteiger partial charge in [0.2, 0.25) is 10.0 Å². The monoisotopic (exact) mass is 471 g/mol. The zero-order valence-electron chi connectivity index (χ0n) is 20.4. The number of hydrogen-bond donors (Lipinski definition) is 0. The van der Waals surface area contributed by atoms with Gasteiger partial charge in [-0.1, -0.05) is 57.7 Å². The van der Waals surface area contributed by atoms with Gasteiger partial charge in [0.25, 0.3) is 0 Å². The fourth-order valence-corrected chi connectivity index (χ4v) is 6.95. The number of nitrogens with zero attached hydrogens (tertiary/aromatic N) is 3. The zero-order chi connectivity index (χ0) is 23.8. The predicted octanol–water partition coefficient (Wildman–Crippen LogP) is 5.45. The van der Waals surface area contributed by atoms with Gasteiger partial charge in [0.1, 0.15) is 0 Å². The van der Waals surface area contributed by atoms with E-state index in [2.05, 4.69) is 20.8 Å². The van der Waals surface area contributed by atoms with Gasteiger partial charge in [-0.3, -0.25) is 9.48 Å². The summed E-state index contributed by atoms with van der Waals surface area (Å²) in [6.07, 6.45) is 7.25. The van der Waals surface area contributed by atoms with Crippen molar-refractivity contribution in [3.8, 4) is 0 Å². The standard InChI is InChI=1S/C26H37N3O3S/c1-5-6-7-8-15-28-22-17-26(3,4)18-23(30)24(22)25(27-28)21-10-9-16-29(21)33(31,32)20-13-11-19(2)12-14-20/h11-14,21H,5-10,15-18H2,1-4H3/t21-/m0/s1. The summed E-state index contributed by atoms with van der Waals surface area (Å²) >= 11 is 0. The first-order chi connectivity index (χ1) is 15.6. The molecule has 33 heavy (non-hydrogen) atoms. The third-order valence-corrected chi connectivity index (χ3v) is 8.94. The molecule has 1 aromatic carbocycles. The van der Waals surface area contributed by atoms with Crippen LogP contribution in [0, 0.1) is 12.3 Å². The van der Waals surface area contributed by atoms with Crippen LogP contribution in [0.15, 0.2) is 29.2 Å². The number of rotatable bonds is 8. The summed E-state index contributed by atoms with van der Waals surface area (Å²) in [7, 11) is -3.66. The van der Waals surface area contributed by atoms with Crippen molar-refractivity contribution in [1.82, 2.24) is 14.1 Å². The Labute approximate surface area is 198 Å². The van der Waals surface area contributed by atoms with E-state index >= 15 is 0 Å². The maximum atomic E-state index is 13.5. The van der Waals surface area contributed by atoms with Crippen molar-refractivity contribution >= 4 is 15.8 Å². The molecule has 2 aromatic rings. The van der Waals surface area contributed by atoms with E-state index in [0.29, 0.717) is 35.5 Å². The van der Waals surface area contributed by atoms with Crippen LogP contribution in [0.2, 0.25) is 0 Å². The van der Waals surface area contributed by atoms with E-state index in [0.717, 1.165) is 43.5 Å². The van der Waals surface area contributed by atoms with E-state index in [4.69, 9.17) is 5.10 Å². The summed E-state index contributed by atoms with van der Waals surface area (Å²) in [6.45, 7) is 9.64. The van der Waals surface area contributed by atoms with E-state index in [1.807, 2.05) is 23.7 Å². The Morgan fingerprint density at radius 1 is 1.09 bits per heavy atom. The number of benzene rings is 1. The van der Waals surface area contributed by atoms with Crippen LogP contribution < -0.4 is 0 Å². The average molecular weight is 472 g/mol. The van der Waals surface area contributed by atoms with Crippen molar-refractivity contribution in [2.24, 2.45) is 5.41 Å². The first kappa shape index (κ1) is 24.1. The van der Waals surface area contributed by atoms with Crippen LogP contribution in [0.25, 0.3) is 0 Å². The van der Waals surface area contributed by atoms with Crippen molar-refractivity contribution in [2.45, 2.75) is 96.5 Å². The number of aryl methyl sites for hydroxylation is 2. The summed E-state index contributed by atoms with van der Waals surface area (Å²) in [6, 6.07) is 6.63. The van der Waals surface area contributed by atoms with Gasteiger partial charge in [-0.2, -0.15) is 9.40 Å². The van der Waals surface area contributed by atoms with Crippen molar-refractivity contribution in [3.05, 3.63) is 46.8 Å². The number of aromatic nitrogens is 2. The molecule has 0 bridgehead atoms. The smallest absolute Gasteiger partial charge is 0.243 e. The first-order valence-electron chi connectivity index (χ1n) is 12.4. The second-order valence-electron chi connectivity index (χ2n) is 10.5. The Kier molecular flexibility index (Phi) is 6.83. The molecule has 0 spiro atoms. The van der Waals surface area contributed by atoms with Gasteiger partial charge in [-0.15, -0.1) is 0 Å². The molecule has 1 fully saturated rings. The lowest BCUT2D eigenvalue weighted by Gasteiger charge is -2.30. The summed E-state index contributed by atoms with van der Waals surface area (Å²) < 4.78 is 30.7. The second-order valence-corrected chi connectivity index (χ2v) is 12.4. The summed E-state index contributed by atoms with van der Waals surface area (Å²) in [5, 5.41) is 4.95. The van der Waals surface area contributed by atoms with Crippen LogP contribution in [-0.4, -0.2) is 34.8 Å². The van der Waals surface area contributed by atoms with E-state index in [1.54, 1.807) is 16.4 Å². The van der Waals surface area contributed by atoms with Crippen LogP contribution in [-0.2, 0) is 23.0 Å². The summed E-state index contributed by atoms with van der Waals surface area (Å²) in [5.41, 5.74) is 3.29. The van der Waals surface area contributed by atoms with Gasteiger partial charge in [-0.05, 0) is 50.2 Å². The molecule has 0 radical (unpaired) electrons. The number of Topliss-reactive ketones (excluding diaryl/α,β-unsaturated/α-hetero) is 1. The molecule has 180 valence electrons. The lowest BCUT2D eigenvalue weighted by atomic mass is 9.75. The Bertz CT molecular complexity index is 1120. The largest absolute Gasteiger partial charge is 0.294 e. The van der Waals surface area contributed by atoms with Crippen LogP contribution in [0.3, 0.4) is 0 Å². The third-order valence-electron chi connectivity index (χ3n) is 7.02. The van der Waals surface area contributed by atoms with Gasteiger partial charge in [-0.25, -0.2) is 8.42 Å². The van der Waals surface area contributed by atoms with Gasteiger partial charge >= 0.3 is 0 Å². The number of sulfonamides is 1. The fraction of sp³-hybridized carbons (Fsp3) is 0.615. The van der Waals surface area contributed by atoms with Crippen LogP contribution in [0.4, 0.5) is 0 Å². The van der Waals surface area contributed by atoms with Crippen molar-refractivity contribution in [3.63, 3.8) is 0 Å². The summed E-state index contributed by atoms with van der Waals surface area (Å²) in [4.78, 5) is 13.6. The minimum Gasteiger partial charge on any atom is -0.294 e. The van der Waals surface area contributed by atoms with Gasteiger partial charge in [0, 0.05) is 19.5 Å². The highest BCUT2D eigenvalue weighted by Crippen LogP contribution is 2.43. The van der Waals surface area contributed by atoms with Crippen LogP contribution in [0.5, 0.6) is 0 Å². The van der Waals surface area contributed by atoms with E-state index < -0.39 is 10.0 Å². The Hall–Kier alpha value is -1.99. The normalized spacial score (nSPS) is 20.8. The van der Waals surface area contributed by atoms with E-state index in [9.17, 15) is 13.2 Å². The van der Waals surface area contributed by atoms with Crippen LogP contribution in [0.1, 0.15) is 99.1 Å². The van der Waals surface area contributed by atoms with Crippen molar-refractivity contribution in [2.75, 3.05) is 6.54 Å². The molecule has 6 nitrogen and oxygen atoms in total. The minimum absolute atomic E-state index is 0.105. The van der Waals surface area contributed by atoms with E-state index in [-0.39, 0.29) is 17.2 Å². The molecule has 2 heterocycles. The molecule has 1 saturated heterocycles. The Morgan fingerprint density at radius 3 is 2.52 bits per heavy atom. The molecular weight excluding hydrogens is 434 g/mol. The highest BCUT2D eigenvalue weighted by Gasteiger charge is 2.43. The summed E-state index contributed by atoms with van der Waals surface area (Å²) in [5.74, 6) is 0.107. The van der Waals surface area contributed by atoms with Crippen molar-refractivity contribution < 1.29 is 13.2 Å². The molecule has 1 atom stereocenters. The van der Waals surface area contributed by atoms with Gasteiger partial charge in [0.15, 0.2) is 5.78 Å². The Morgan fingerprint density at radius 2 is 1.82 bits per heavy atom. The molecule has 0 saturated carbocycles. The SMILES string of the molecule is CCCCCCn1nc([C@@H]2CCCN2S(=O)(=O)c2ccc(C)cc2)c2c1CC(C)(C)CC2=O. The maximum absolute atomic E-state index is 13.5. The second kappa shape index (κ2) is 9.34. The lowest BCUT2D eigenvalue weighted by Crippen LogP contribution is -2.33. The minimum atomic E-state index is -3.66. The number of fused-ring (bicyclic) bond motifs is 1. The molecule has 0 unspecified atom stereocenters. The van der Waals surface area contributed by atoms with Crippen molar-refractivity contribution in [1.29, 1.82) is 0 Å². The number of carbonyl (C=O) groups is 1. The Balaban J connectivity index is 1.72. The first-order valence-corrected chi connectivity index (χ1v) is 13.8.